The number of aromatic nitrogens is 2. The Morgan fingerprint density at radius 1 is 1.37 bits per heavy atom. The van der Waals surface area contributed by atoms with Crippen molar-refractivity contribution in [2.45, 2.75) is 52.4 Å². The summed E-state index contributed by atoms with van der Waals surface area (Å²) in [6, 6.07) is 0.432. The number of nitrogens with zero attached hydrogens (tertiary/aromatic N) is 2. The average Bonchev–Trinajstić information content (AvgIpc) is 2.85. The third kappa shape index (κ3) is 3.00. The SMILES string of the molecule is CCNC(Cc1nccn1C)C1C(C)OC(C)C1C. The maximum atomic E-state index is 6.00. The van der Waals surface area contributed by atoms with Gasteiger partial charge in [0.1, 0.15) is 5.82 Å². The summed E-state index contributed by atoms with van der Waals surface area (Å²) in [7, 11) is 2.06. The molecule has 4 nitrogen and oxygen atoms in total. The van der Waals surface area contributed by atoms with Gasteiger partial charge < -0.3 is 14.6 Å². The molecule has 108 valence electrons. The molecule has 19 heavy (non-hydrogen) atoms. The molecule has 0 amide bonds. The molecular weight excluding hydrogens is 238 g/mol. The summed E-state index contributed by atoms with van der Waals surface area (Å²) in [5.41, 5.74) is 0. The summed E-state index contributed by atoms with van der Waals surface area (Å²) >= 11 is 0. The lowest BCUT2D eigenvalue weighted by Crippen LogP contribution is -2.43. The highest BCUT2D eigenvalue weighted by Gasteiger charge is 2.41. The molecule has 0 bridgehead atoms. The first kappa shape index (κ1) is 14.5. The minimum absolute atomic E-state index is 0.314. The number of aryl methyl sites for hydroxylation is 1. The minimum Gasteiger partial charge on any atom is -0.375 e. The van der Waals surface area contributed by atoms with Crippen LogP contribution in [0.3, 0.4) is 0 Å². The standard InChI is InChI=1S/C15H27N3O/c1-6-16-13(9-14-17-7-8-18(14)5)15-10(2)11(3)19-12(15)4/h7-8,10-13,15-16H,6,9H2,1-5H3. The lowest BCUT2D eigenvalue weighted by atomic mass is 9.82. The lowest BCUT2D eigenvalue weighted by molar-refractivity contribution is 0.0475. The van der Waals surface area contributed by atoms with Gasteiger partial charge in [0.2, 0.25) is 0 Å². The van der Waals surface area contributed by atoms with Gasteiger partial charge in [-0.15, -0.1) is 0 Å². The molecule has 1 aromatic rings. The van der Waals surface area contributed by atoms with Crippen LogP contribution in [0.4, 0.5) is 0 Å². The van der Waals surface area contributed by atoms with Crippen LogP contribution in [-0.4, -0.2) is 34.3 Å². The van der Waals surface area contributed by atoms with Crippen LogP contribution in [0, 0.1) is 11.8 Å². The highest BCUT2D eigenvalue weighted by Crippen LogP contribution is 2.35. The van der Waals surface area contributed by atoms with Gasteiger partial charge in [-0.3, -0.25) is 0 Å². The number of hydrogen-bond donors (Lipinski definition) is 1. The van der Waals surface area contributed by atoms with Crippen molar-refractivity contribution in [2.75, 3.05) is 6.54 Å². The Morgan fingerprint density at radius 3 is 2.58 bits per heavy atom. The molecule has 2 heterocycles. The zero-order valence-electron chi connectivity index (χ0n) is 12.8. The smallest absolute Gasteiger partial charge is 0.109 e. The van der Waals surface area contributed by atoms with Crippen LogP contribution in [0.25, 0.3) is 0 Å². The van der Waals surface area contributed by atoms with Crippen LogP contribution in [0.1, 0.15) is 33.5 Å². The molecule has 0 radical (unpaired) electrons. The molecule has 0 saturated carbocycles. The van der Waals surface area contributed by atoms with Crippen LogP contribution in [0.15, 0.2) is 12.4 Å². The molecule has 5 unspecified atom stereocenters. The van der Waals surface area contributed by atoms with E-state index in [4.69, 9.17) is 4.74 Å². The summed E-state index contributed by atoms with van der Waals surface area (Å²) in [5.74, 6) is 2.27. The van der Waals surface area contributed by atoms with Gasteiger partial charge >= 0.3 is 0 Å². The normalized spacial score (nSPS) is 32.7. The fourth-order valence-electron chi connectivity index (χ4n) is 3.38. The second-order valence-electron chi connectivity index (χ2n) is 5.81. The van der Waals surface area contributed by atoms with Crippen LogP contribution in [0.5, 0.6) is 0 Å². The molecule has 1 fully saturated rings. The number of ether oxygens (including phenoxy) is 1. The second-order valence-corrected chi connectivity index (χ2v) is 5.81. The molecule has 5 atom stereocenters. The Balaban J connectivity index is 2.13. The predicted octanol–water partition coefficient (Wildman–Crippen LogP) is 2.00. The Bertz CT molecular complexity index is 404. The van der Waals surface area contributed by atoms with Gasteiger partial charge in [0, 0.05) is 37.8 Å². The highest BCUT2D eigenvalue weighted by atomic mass is 16.5. The molecule has 4 heteroatoms. The van der Waals surface area contributed by atoms with Crippen LogP contribution in [0.2, 0.25) is 0 Å². The molecule has 1 aromatic heterocycles. The number of likely N-dealkylation sites (N-methyl/N-ethyl adjacent to an activating group) is 1. The van der Waals surface area contributed by atoms with Gasteiger partial charge in [-0.25, -0.2) is 4.98 Å². The van der Waals surface area contributed by atoms with Gasteiger partial charge in [0.05, 0.1) is 12.2 Å². The minimum atomic E-state index is 0.314. The van der Waals surface area contributed by atoms with E-state index in [9.17, 15) is 0 Å². The first-order chi connectivity index (χ1) is 9.04. The van der Waals surface area contributed by atoms with Crippen LogP contribution >= 0.6 is 0 Å². The zero-order valence-corrected chi connectivity index (χ0v) is 12.8. The number of nitrogens with one attached hydrogen (secondary N) is 1. The molecule has 0 aromatic carbocycles. The van der Waals surface area contributed by atoms with E-state index < -0.39 is 0 Å². The van der Waals surface area contributed by atoms with E-state index in [1.54, 1.807) is 0 Å². The van der Waals surface area contributed by atoms with E-state index in [0.29, 0.717) is 30.1 Å². The maximum Gasteiger partial charge on any atom is 0.109 e. The molecular formula is C15H27N3O. The third-order valence-corrected chi connectivity index (χ3v) is 4.57. The summed E-state index contributed by atoms with van der Waals surface area (Å²) in [6.45, 7) is 9.85. The molecule has 1 N–H and O–H groups in total. The first-order valence-corrected chi connectivity index (χ1v) is 7.39. The van der Waals surface area contributed by atoms with E-state index in [1.165, 1.54) is 0 Å². The maximum absolute atomic E-state index is 6.00. The third-order valence-electron chi connectivity index (χ3n) is 4.57. The number of rotatable bonds is 5. The zero-order chi connectivity index (χ0) is 14.0. The molecule has 1 aliphatic heterocycles. The molecule has 1 aliphatic rings. The van der Waals surface area contributed by atoms with Gasteiger partial charge in [-0.1, -0.05) is 13.8 Å². The van der Waals surface area contributed by atoms with E-state index >= 15 is 0 Å². The summed E-state index contributed by atoms with van der Waals surface area (Å²) in [5, 5.41) is 3.64. The van der Waals surface area contributed by atoms with Crippen molar-refractivity contribution in [2.24, 2.45) is 18.9 Å². The van der Waals surface area contributed by atoms with E-state index in [1.807, 2.05) is 12.4 Å². The van der Waals surface area contributed by atoms with Crippen molar-refractivity contribution >= 4 is 0 Å². The number of hydrogen-bond acceptors (Lipinski definition) is 3. The average molecular weight is 265 g/mol. The van der Waals surface area contributed by atoms with Crippen LogP contribution < -0.4 is 5.32 Å². The van der Waals surface area contributed by atoms with Gasteiger partial charge in [0.25, 0.3) is 0 Å². The predicted molar refractivity (Wildman–Crippen MR) is 77.0 cm³/mol. The monoisotopic (exact) mass is 265 g/mol. The lowest BCUT2D eigenvalue weighted by Gasteiger charge is -2.29. The van der Waals surface area contributed by atoms with Crippen molar-refractivity contribution in [1.29, 1.82) is 0 Å². The van der Waals surface area contributed by atoms with E-state index in [2.05, 4.69) is 49.6 Å². The van der Waals surface area contributed by atoms with Crippen molar-refractivity contribution in [3.05, 3.63) is 18.2 Å². The summed E-state index contributed by atoms with van der Waals surface area (Å²) in [4.78, 5) is 4.46. The van der Waals surface area contributed by atoms with Crippen LogP contribution in [-0.2, 0) is 18.2 Å². The fraction of sp³-hybridized carbons (Fsp3) is 0.800. The Hall–Kier alpha value is -0.870. The van der Waals surface area contributed by atoms with E-state index in [0.717, 1.165) is 18.8 Å². The van der Waals surface area contributed by atoms with Crippen molar-refractivity contribution in [3.63, 3.8) is 0 Å². The Kier molecular flexibility index (Phi) is 4.63. The highest BCUT2D eigenvalue weighted by molar-refractivity contribution is 5.00. The molecule has 0 aliphatic carbocycles. The molecule has 1 saturated heterocycles. The largest absolute Gasteiger partial charge is 0.375 e. The first-order valence-electron chi connectivity index (χ1n) is 7.39. The Labute approximate surface area is 116 Å². The number of imidazole rings is 1. The quantitative estimate of drug-likeness (QED) is 0.885. The van der Waals surface area contributed by atoms with Gasteiger partial charge in [-0.05, 0) is 26.3 Å². The van der Waals surface area contributed by atoms with Crippen molar-refractivity contribution in [3.8, 4) is 0 Å². The van der Waals surface area contributed by atoms with Crippen molar-refractivity contribution < 1.29 is 4.74 Å². The van der Waals surface area contributed by atoms with Crippen molar-refractivity contribution in [1.82, 2.24) is 14.9 Å². The van der Waals surface area contributed by atoms with E-state index in [-0.39, 0.29) is 0 Å². The summed E-state index contributed by atoms with van der Waals surface area (Å²) in [6.07, 6.45) is 5.52. The topological polar surface area (TPSA) is 39.1 Å². The summed E-state index contributed by atoms with van der Waals surface area (Å²) < 4.78 is 8.11. The Morgan fingerprint density at radius 2 is 2.11 bits per heavy atom. The molecule has 2 rings (SSSR count). The van der Waals surface area contributed by atoms with Gasteiger partial charge in [-0.2, -0.15) is 0 Å². The molecule has 0 spiro atoms. The van der Waals surface area contributed by atoms with Gasteiger partial charge in [0.15, 0.2) is 0 Å². The second kappa shape index (κ2) is 6.06. The fourth-order valence-corrected chi connectivity index (χ4v) is 3.38.